The van der Waals surface area contributed by atoms with Crippen molar-refractivity contribution in [2.24, 2.45) is 5.92 Å². The number of esters is 2. The molecule has 1 aromatic carbocycles. The summed E-state index contributed by atoms with van der Waals surface area (Å²) in [5.41, 5.74) is 0.395. The van der Waals surface area contributed by atoms with Gasteiger partial charge in [0.25, 0.3) is 0 Å². The van der Waals surface area contributed by atoms with E-state index in [2.05, 4.69) is 10.1 Å². The minimum atomic E-state index is -2.81. The molecule has 2 fully saturated rings. The zero-order valence-electron chi connectivity index (χ0n) is 14.5. The van der Waals surface area contributed by atoms with E-state index in [1.807, 2.05) is 0 Å². The lowest BCUT2D eigenvalue weighted by molar-refractivity contribution is -0.152. The van der Waals surface area contributed by atoms with Crippen molar-refractivity contribution in [2.75, 3.05) is 7.04 Å². The fourth-order valence-electron chi connectivity index (χ4n) is 3.29. The lowest BCUT2D eigenvalue weighted by Gasteiger charge is -2.35. The summed E-state index contributed by atoms with van der Waals surface area (Å²) in [5, 5.41) is 3.27. The second-order valence-electron chi connectivity index (χ2n) is 5.54. The Morgan fingerprint density at radius 2 is 2.05 bits per heavy atom. The summed E-state index contributed by atoms with van der Waals surface area (Å²) in [6, 6.07) is 8.44. The molecule has 4 atom stereocenters. The number of benzene rings is 1. The lowest BCUT2D eigenvalue weighted by Crippen LogP contribution is -2.53. The molecule has 2 aliphatic heterocycles. The smallest absolute Gasteiger partial charge is 0.338 e. The van der Waals surface area contributed by atoms with Gasteiger partial charge in [-0.2, -0.15) is 0 Å². The molecule has 2 aliphatic rings. The van der Waals surface area contributed by atoms with Crippen LogP contribution in [0.4, 0.5) is 0 Å². The summed E-state index contributed by atoms with van der Waals surface area (Å²) in [4.78, 5) is 24.6. The van der Waals surface area contributed by atoms with Crippen LogP contribution in [0.2, 0.25) is 0 Å². The van der Waals surface area contributed by atoms with E-state index in [4.69, 9.17) is 8.85 Å². The van der Waals surface area contributed by atoms with Crippen LogP contribution in [0, 0.1) is 5.92 Å². The fraction of sp³-hybridized carbons (Fsp3) is 0.529. The van der Waals surface area contributed by atoms with Gasteiger partial charge in [0.2, 0.25) is 0 Å². The first-order chi connectivity index (χ1) is 11.3. The van der Waals surface area contributed by atoms with Gasteiger partial charge in [0.05, 0.1) is 16.7 Å². The topological polar surface area (TPSA) is 64.6 Å². The Morgan fingerprint density at radius 3 is 2.77 bits per heavy atom. The van der Waals surface area contributed by atoms with E-state index in [0.717, 1.165) is 12.8 Å². The maximum atomic E-state index is 12.3. The van der Waals surface area contributed by atoms with Gasteiger partial charge < -0.3 is 14.8 Å². The standard InChI is InChI=1S/C16H19NO4.CH4/c1-20-16(19)14-12-8-7-11(17-12)9-13(14)21-15(18)10-5-3-2-4-6-10;/h2-6,11-14,17H,7-9H2,1H3;1H4/i1D3;. The molecule has 1 aromatic rings. The normalized spacial score (nSPS) is 31.9. The van der Waals surface area contributed by atoms with E-state index in [-0.39, 0.29) is 19.5 Å². The van der Waals surface area contributed by atoms with Crippen molar-refractivity contribution in [3.05, 3.63) is 35.9 Å². The highest BCUT2D eigenvalue weighted by molar-refractivity contribution is 5.89. The Kier molecular flexibility index (Phi) is 3.98. The van der Waals surface area contributed by atoms with Crippen LogP contribution in [0.15, 0.2) is 30.3 Å². The minimum Gasteiger partial charge on any atom is -0.469 e. The summed E-state index contributed by atoms with van der Waals surface area (Å²) in [6.45, 7) is 0. The monoisotopic (exact) mass is 308 g/mol. The highest BCUT2D eigenvalue weighted by Gasteiger charge is 2.47. The van der Waals surface area contributed by atoms with Crippen LogP contribution in [0.3, 0.4) is 0 Å². The van der Waals surface area contributed by atoms with Gasteiger partial charge in [-0.05, 0) is 25.0 Å². The van der Waals surface area contributed by atoms with Gasteiger partial charge in [0.1, 0.15) is 12.0 Å². The quantitative estimate of drug-likeness (QED) is 0.867. The number of piperidine rings is 1. The molecule has 3 rings (SSSR count). The molecule has 22 heavy (non-hydrogen) atoms. The number of hydrogen-bond donors (Lipinski definition) is 1. The van der Waals surface area contributed by atoms with Crippen LogP contribution < -0.4 is 5.32 Å². The predicted octanol–water partition coefficient (Wildman–Crippen LogP) is 2.16. The van der Waals surface area contributed by atoms with E-state index in [0.29, 0.717) is 12.0 Å². The Hall–Kier alpha value is -1.88. The van der Waals surface area contributed by atoms with Gasteiger partial charge in [-0.15, -0.1) is 0 Å². The molecule has 0 radical (unpaired) electrons. The Labute approximate surface area is 135 Å². The predicted molar refractivity (Wildman–Crippen MR) is 82.4 cm³/mol. The first-order valence-corrected chi connectivity index (χ1v) is 7.08. The van der Waals surface area contributed by atoms with Crippen LogP contribution in [0.25, 0.3) is 0 Å². The van der Waals surface area contributed by atoms with Crippen LogP contribution in [0.5, 0.6) is 0 Å². The molecule has 0 saturated carbocycles. The van der Waals surface area contributed by atoms with Gasteiger partial charge in [-0.3, -0.25) is 4.79 Å². The molecule has 2 bridgehead atoms. The Bertz CT molecular complexity index is 620. The van der Waals surface area contributed by atoms with Crippen molar-refractivity contribution in [1.29, 1.82) is 0 Å². The van der Waals surface area contributed by atoms with E-state index in [1.54, 1.807) is 30.3 Å². The third-order valence-corrected chi connectivity index (χ3v) is 4.27. The van der Waals surface area contributed by atoms with E-state index in [1.165, 1.54) is 0 Å². The number of carbonyl (C=O) groups excluding carboxylic acids is 2. The molecule has 1 N–H and O–H groups in total. The second kappa shape index (κ2) is 6.92. The SMILES string of the molecule is C.[2H]C([2H])([2H])OC(=O)C1C2CCC(CC1OC(=O)c1ccccc1)N2. The highest BCUT2D eigenvalue weighted by atomic mass is 16.6. The molecule has 5 heteroatoms. The summed E-state index contributed by atoms with van der Waals surface area (Å²) in [7, 11) is -2.81. The van der Waals surface area contributed by atoms with Crippen molar-refractivity contribution in [2.45, 2.75) is 44.9 Å². The number of hydrogen-bond acceptors (Lipinski definition) is 5. The first kappa shape index (κ1) is 12.6. The Morgan fingerprint density at radius 1 is 1.27 bits per heavy atom. The van der Waals surface area contributed by atoms with Crippen molar-refractivity contribution in [1.82, 2.24) is 5.32 Å². The van der Waals surface area contributed by atoms with Crippen LogP contribution in [-0.4, -0.2) is 37.2 Å². The summed E-state index contributed by atoms with van der Waals surface area (Å²) in [5.74, 6) is -2.18. The highest BCUT2D eigenvalue weighted by Crippen LogP contribution is 2.34. The number of fused-ring (bicyclic) bond motifs is 2. The zero-order valence-corrected chi connectivity index (χ0v) is 11.5. The molecule has 0 aromatic heterocycles. The van der Waals surface area contributed by atoms with Gasteiger partial charge in [0, 0.05) is 18.5 Å². The summed E-state index contributed by atoms with van der Waals surface area (Å²) >= 11 is 0. The number of rotatable bonds is 3. The average Bonchev–Trinajstić information content (AvgIpc) is 2.88. The molecule has 4 unspecified atom stereocenters. The third kappa shape index (κ3) is 3.14. The van der Waals surface area contributed by atoms with E-state index in [9.17, 15) is 9.59 Å². The molecule has 0 amide bonds. The molecule has 0 aliphatic carbocycles. The van der Waals surface area contributed by atoms with Gasteiger partial charge in [-0.25, -0.2) is 4.79 Å². The maximum Gasteiger partial charge on any atom is 0.338 e. The number of ether oxygens (including phenoxy) is 2. The Balaban J connectivity index is 0.00000225. The number of carbonyl (C=O) groups is 2. The third-order valence-electron chi connectivity index (χ3n) is 4.27. The van der Waals surface area contributed by atoms with E-state index >= 15 is 0 Å². The van der Waals surface area contributed by atoms with Gasteiger partial charge in [-0.1, -0.05) is 25.6 Å². The van der Waals surface area contributed by atoms with Crippen molar-refractivity contribution < 1.29 is 23.2 Å². The first-order valence-electron chi connectivity index (χ1n) is 8.58. The summed E-state index contributed by atoms with van der Waals surface area (Å²) in [6.07, 6.45) is 1.37. The van der Waals surface area contributed by atoms with Crippen molar-refractivity contribution in [3.63, 3.8) is 0 Å². The fourth-order valence-corrected chi connectivity index (χ4v) is 3.29. The number of methoxy groups -OCH3 is 1. The molecule has 120 valence electrons. The molecule has 2 heterocycles. The van der Waals surface area contributed by atoms with Crippen molar-refractivity contribution in [3.8, 4) is 0 Å². The average molecular weight is 308 g/mol. The van der Waals surface area contributed by atoms with Gasteiger partial charge >= 0.3 is 11.9 Å². The molecular weight excluding hydrogens is 282 g/mol. The van der Waals surface area contributed by atoms with Crippen molar-refractivity contribution >= 4 is 11.9 Å². The maximum absolute atomic E-state index is 12.3. The van der Waals surface area contributed by atoms with Crippen LogP contribution >= 0.6 is 0 Å². The minimum absolute atomic E-state index is 0. The molecular formula is C17H23NO4. The zero-order chi connectivity index (χ0) is 17.3. The number of nitrogens with one attached hydrogen (secondary N) is 1. The summed E-state index contributed by atoms with van der Waals surface area (Å²) < 4.78 is 31.5. The molecule has 5 nitrogen and oxygen atoms in total. The second-order valence-corrected chi connectivity index (χ2v) is 5.54. The molecule has 2 saturated heterocycles. The molecule has 0 spiro atoms. The van der Waals surface area contributed by atoms with Gasteiger partial charge in [0.15, 0.2) is 0 Å². The largest absolute Gasteiger partial charge is 0.469 e. The van der Waals surface area contributed by atoms with E-state index < -0.39 is 31.0 Å². The van der Waals surface area contributed by atoms with Crippen LogP contribution in [0.1, 0.15) is 41.2 Å². The lowest BCUT2D eigenvalue weighted by atomic mass is 9.89. The van der Waals surface area contributed by atoms with Crippen LogP contribution in [-0.2, 0) is 14.3 Å².